The summed E-state index contributed by atoms with van der Waals surface area (Å²) in [6.07, 6.45) is -0.00730. The molecule has 0 atom stereocenters. The molecule has 0 saturated heterocycles. The van der Waals surface area contributed by atoms with E-state index < -0.39 is 11.9 Å². The Bertz CT molecular complexity index is 609. The van der Waals surface area contributed by atoms with Crippen LogP contribution in [0.3, 0.4) is 0 Å². The molecule has 0 N–H and O–H groups in total. The van der Waals surface area contributed by atoms with Crippen LogP contribution in [0.2, 0.25) is 5.02 Å². The molecule has 0 aromatic rings. The molecule has 0 aromatic carbocycles. The molecule has 0 aromatic heterocycles. The summed E-state index contributed by atoms with van der Waals surface area (Å²) in [6, 6.07) is 10.7. The fraction of sp³-hybridized carbons (Fsp3) is 0.200. The number of methoxy groups -OCH3 is 1. The van der Waals surface area contributed by atoms with Crippen LogP contribution in [-0.4, -0.2) is 19.0 Å². The number of carbonyl (C=O) groups is 2. The molecule has 0 heterocycles. The number of ether oxygens (including phenoxy) is 2. The van der Waals surface area contributed by atoms with Crippen LogP contribution in [-0.2, 0) is 14.3 Å². The fourth-order valence-electron chi connectivity index (χ4n) is 1.77. The van der Waals surface area contributed by atoms with E-state index in [1.165, 1.54) is 7.11 Å². The van der Waals surface area contributed by atoms with Gasteiger partial charge in [-0.3, -0.25) is 9.59 Å². The molecule has 104 valence electrons. The van der Waals surface area contributed by atoms with Gasteiger partial charge in [-0.2, -0.15) is 0 Å². The van der Waals surface area contributed by atoms with Gasteiger partial charge in [0.25, 0.3) is 0 Å². The predicted octanol–water partition coefficient (Wildman–Crippen LogP) is 3.30. The average Bonchev–Trinajstić information content (AvgIpc) is 2.71. The molecular formula is C15H13ClO4. The maximum Gasteiger partial charge on any atom is 0.311 e. The van der Waals surface area contributed by atoms with E-state index in [-0.39, 0.29) is 12.8 Å². The molecule has 0 spiro atoms. The lowest BCUT2D eigenvalue weighted by molar-refractivity contribution is -0.144. The largest absolute Gasteiger partial charge is 0.469 e. The van der Waals surface area contributed by atoms with Gasteiger partial charge in [0.05, 0.1) is 20.0 Å². The van der Waals surface area contributed by atoms with Gasteiger partial charge in [0, 0.05) is 10.6 Å². The van der Waals surface area contributed by atoms with Crippen LogP contribution in [0.25, 0.3) is 11.1 Å². The van der Waals surface area contributed by atoms with Gasteiger partial charge in [0.1, 0.15) is 5.75 Å². The number of hydrogen-bond donors (Lipinski definition) is 0. The van der Waals surface area contributed by atoms with E-state index >= 15 is 0 Å². The molecule has 0 fully saturated rings. The Morgan fingerprint density at radius 3 is 2.40 bits per heavy atom. The molecule has 0 bridgehead atoms. The van der Waals surface area contributed by atoms with Gasteiger partial charge in [-0.15, -0.1) is 0 Å². The zero-order valence-electron chi connectivity index (χ0n) is 10.9. The minimum absolute atomic E-state index is 0.00752. The monoisotopic (exact) mass is 292 g/mol. The zero-order valence-corrected chi connectivity index (χ0v) is 11.6. The molecule has 20 heavy (non-hydrogen) atoms. The van der Waals surface area contributed by atoms with E-state index in [0.29, 0.717) is 10.8 Å². The maximum atomic E-state index is 11.7. The highest BCUT2D eigenvalue weighted by molar-refractivity contribution is 6.30. The molecule has 0 saturated carbocycles. The van der Waals surface area contributed by atoms with Crippen LogP contribution < -0.4 is 4.74 Å². The van der Waals surface area contributed by atoms with Gasteiger partial charge < -0.3 is 9.47 Å². The SMILES string of the molecule is COC(=O)CCC(=O)Oc1ccc2ccc(Cl)ccc1-2. The summed E-state index contributed by atoms with van der Waals surface area (Å²) in [5, 5.41) is 0.601. The van der Waals surface area contributed by atoms with Crippen molar-refractivity contribution in [3.63, 3.8) is 0 Å². The quantitative estimate of drug-likeness (QED) is 0.811. The summed E-state index contributed by atoms with van der Waals surface area (Å²) < 4.78 is 9.72. The normalized spacial score (nSPS) is 10.3. The third-order valence-electron chi connectivity index (χ3n) is 2.81. The van der Waals surface area contributed by atoms with Crippen molar-refractivity contribution < 1.29 is 19.1 Å². The minimum atomic E-state index is -0.472. The molecule has 0 amide bonds. The number of hydrogen-bond acceptors (Lipinski definition) is 4. The first-order valence-electron chi connectivity index (χ1n) is 6.06. The maximum absolute atomic E-state index is 11.7. The third kappa shape index (κ3) is 3.48. The summed E-state index contributed by atoms with van der Waals surface area (Å²) in [4.78, 5) is 22.6. The van der Waals surface area contributed by atoms with Crippen LogP contribution in [0.4, 0.5) is 0 Å². The second-order valence-electron chi connectivity index (χ2n) is 4.17. The van der Waals surface area contributed by atoms with Crippen LogP contribution in [0.15, 0.2) is 36.4 Å². The Balaban J connectivity index is 2.08. The number of esters is 2. The van der Waals surface area contributed by atoms with Gasteiger partial charge in [0.15, 0.2) is 0 Å². The van der Waals surface area contributed by atoms with Gasteiger partial charge in [-0.25, -0.2) is 0 Å². The Morgan fingerprint density at radius 1 is 1.00 bits per heavy atom. The number of carbonyl (C=O) groups excluding carboxylic acids is 2. The van der Waals surface area contributed by atoms with Crippen molar-refractivity contribution in [2.75, 3.05) is 7.11 Å². The van der Waals surface area contributed by atoms with Gasteiger partial charge in [0.2, 0.25) is 0 Å². The highest BCUT2D eigenvalue weighted by atomic mass is 35.5. The summed E-state index contributed by atoms with van der Waals surface area (Å²) >= 11 is 5.91. The van der Waals surface area contributed by atoms with E-state index in [0.717, 1.165) is 11.1 Å². The van der Waals surface area contributed by atoms with E-state index in [2.05, 4.69) is 4.74 Å². The first kappa shape index (κ1) is 14.3. The molecule has 0 radical (unpaired) electrons. The van der Waals surface area contributed by atoms with Crippen molar-refractivity contribution in [1.29, 1.82) is 0 Å². The third-order valence-corrected chi connectivity index (χ3v) is 3.06. The van der Waals surface area contributed by atoms with Gasteiger partial charge >= 0.3 is 11.9 Å². The Kier molecular flexibility index (Phi) is 4.58. The first-order valence-corrected chi connectivity index (χ1v) is 6.43. The van der Waals surface area contributed by atoms with E-state index in [9.17, 15) is 9.59 Å². The zero-order chi connectivity index (χ0) is 14.5. The van der Waals surface area contributed by atoms with Crippen LogP contribution in [0.1, 0.15) is 12.8 Å². The molecule has 4 nitrogen and oxygen atoms in total. The van der Waals surface area contributed by atoms with E-state index in [1.807, 2.05) is 12.1 Å². The van der Waals surface area contributed by atoms with Crippen molar-refractivity contribution in [2.45, 2.75) is 12.8 Å². The molecule has 2 aliphatic rings. The van der Waals surface area contributed by atoms with Crippen molar-refractivity contribution in [1.82, 2.24) is 0 Å². The first-order chi connectivity index (χ1) is 9.60. The molecule has 0 unspecified atom stereocenters. The van der Waals surface area contributed by atoms with E-state index in [1.54, 1.807) is 24.3 Å². The standard InChI is InChI=1S/C15H13ClO4/c1-19-14(17)8-9-15(18)20-13-7-3-10-2-4-11(16)5-6-12(10)13/h2-7H,8-9H2,1H3. The minimum Gasteiger partial charge on any atom is -0.469 e. The molecule has 2 rings (SSSR count). The number of fused-ring (bicyclic) bond motifs is 1. The Hall–Kier alpha value is -2.07. The smallest absolute Gasteiger partial charge is 0.311 e. The van der Waals surface area contributed by atoms with Crippen LogP contribution >= 0.6 is 11.6 Å². The number of rotatable bonds is 4. The molecule has 2 aliphatic carbocycles. The second-order valence-corrected chi connectivity index (χ2v) is 4.60. The fourth-order valence-corrected chi connectivity index (χ4v) is 1.89. The Morgan fingerprint density at radius 2 is 1.65 bits per heavy atom. The van der Waals surface area contributed by atoms with E-state index in [4.69, 9.17) is 16.3 Å². The lowest BCUT2D eigenvalue weighted by Crippen LogP contribution is -2.11. The van der Waals surface area contributed by atoms with Crippen molar-refractivity contribution >= 4 is 23.5 Å². The highest BCUT2D eigenvalue weighted by Crippen LogP contribution is 2.34. The molecule has 5 heteroatoms. The summed E-state index contributed by atoms with van der Waals surface area (Å²) in [6.45, 7) is 0. The van der Waals surface area contributed by atoms with Gasteiger partial charge in [-0.05, 0) is 29.8 Å². The van der Waals surface area contributed by atoms with Gasteiger partial charge in [-0.1, -0.05) is 23.7 Å². The summed E-state index contributed by atoms with van der Waals surface area (Å²) in [5.74, 6) is -0.449. The Labute approximate surface area is 121 Å². The predicted molar refractivity (Wildman–Crippen MR) is 75.0 cm³/mol. The summed E-state index contributed by atoms with van der Waals surface area (Å²) in [7, 11) is 1.28. The number of halogens is 1. The average molecular weight is 293 g/mol. The van der Waals surface area contributed by atoms with Crippen LogP contribution in [0.5, 0.6) is 5.75 Å². The topological polar surface area (TPSA) is 52.6 Å². The van der Waals surface area contributed by atoms with Crippen molar-refractivity contribution in [3.05, 3.63) is 41.4 Å². The lowest BCUT2D eigenvalue weighted by Gasteiger charge is -2.04. The second kappa shape index (κ2) is 6.39. The highest BCUT2D eigenvalue weighted by Gasteiger charge is 2.14. The lowest BCUT2D eigenvalue weighted by atomic mass is 10.2. The van der Waals surface area contributed by atoms with Crippen molar-refractivity contribution in [3.8, 4) is 16.9 Å². The summed E-state index contributed by atoms with van der Waals surface area (Å²) in [5.41, 5.74) is 1.72. The molecule has 0 aliphatic heterocycles. The van der Waals surface area contributed by atoms with Crippen LogP contribution in [0, 0.1) is 0 Å². The van der Waals surface area contributed by atoms with Crippen molar-refractivity contribution in [2.24, 2.45) is 0 Å². The molecular weight excluding hydrogens is 280 g/mol.